The second kappa shape index (κ2) is 7.76. The fourth-order valence-corrected chi connectivity index (χ4v) is 2.09. The summed E-state index contributed by atoms with van der Waals surface area (Å²) in [5, 5.41) is 44.3. The van der Waals surface area contributed by atoms with Crippen LogP contribution in [0, 0.1) is 4.91 Å². The summed E-state index contributed by atoms with van der Waals surface area (Å²) in [5.74, 6) is 0. The average molecular weight is 323 g/mol. The summed E-state index contributed by atoms with van der Waals surface area (Å²) in [4.78, 5) is 22.5. The quantitative estimate of drug-likeness (QED) is 0.210. The van der Waals surface area contributed by atoms with E-state index in [9.17, 15) is 25.0 Å². The normalized spacial score (nSPS) is 35.0. The van der Waals surface area contributed by atoms with E-state index >= 15 is 0 Å². The highest BCUT2D eigenvalue weighted by molar-refractivity contribution is 5.74. The Morgan fingerprint density at radius 3 is 2.59 bits per heavy atom. The SMILES string of the molecule is CCCN(N=O)C(=O)N[C@@]1(O)[C@@H](OC)O[C@H](CO)[C@@H](O)[C@@H]1O. The zero-order valence-corrected chi connectivity index (χ0v) is 12.2. The zero-order chi connectivity index (χ0) is 16.9. The average Bonchev–Trinajstić information content (AvgIpc) is 2.50. The van der Waals surface area contributed by atoms with E-state index in [-0.39, 0.29) is 6.54 Å². The van der Waals surface area contributed by atoms with E-state index in [4.69, 9.17) is 14.6 Å². The first-order valence-corrected chi connectivity index (χ1v) is 6.66. The highest BCUT2D eigenvalue weighted by Gasteiger charge is 2.56. The van der Waals surface area contributed by atoms with Crippen LogP contribution in [0.3, 0.4) is 0 Å². The van der Waals surface area contributed by atoms with Crippen molar-refractivity contribution >= 4 is 6.03 Å². The Labute approximate surface area is 126 Å². The predicted octanol–water partition coefficient (Wildman–Crippen LogP) is -2.14. The summed E-state index contributed by atoms with van der Waals surface area (Å²) in [6, 6.07) is -1.10. The standard InChI is InChI=1S/C11H21N3O8/c1-3-4-14(13-20)10(18)12-11(19)8(17)7(16)6(5-15)22-9(11)21-2/h6-9,15-17,19H,3-5H2,1-2H3,(H,12,18)/t6-,7-,8+,9+,11+/m1/s1. The van der Waals surface area contributed by atoms with Crippen molar-refractivity contribution in [3.05, 3.63) is 4.91 Å². The number of urea groups is 1. The Bertz CT molecular complexity index is 394. The van der Waals surface area contributed by atoms with E-state index in [1.54, 1.807) is 6.92 Å². The van der Waals surface area contributed by atoms with Crippen LogP contribution in [0.1, 0.15) is 13.3 Å². The number of aliphatic hydroxyl groups excluding tert-OH is 3. The fraction of sp³-hybridized carbons (Fsp3) is 0.909. The Balaban J connectivity index is 2.96. The van der Waals surface area contributed by atoms with Crippen LogP contribution in [-0.2, 0) is 9.47 Å². The molecule has 0 saturated carbocycles. The van der Waals surface area contributed by atoms with E-state index in [0.717, 1.165) is 7.11 Å². The van der Waals surface area contributed by atoms with Crippen LogP contribution >= 0.6 is 0 Å². The van der Waals surface area contributed by atoms with Crippen molar-refractivity contribution in [1.82, 2.24) is 10.3 Å². The molecule has 11 nitrogen and oxygen atoms in total. The van der Waals surface area contributed by atoms with Crippen molar-refractivity contribution in [1.29, 1.82) is 0 Å². The van der Waals surface area contributed by atoms with Gasteiger partial charge in [-0.3, -0.25) is 0 Å². The molecule has 2 amide bonds. The lowest BCUT2D eigenvalue weighted by Gasteiger charge is -2.47. The largest absolute Gasteiger partial charge is 0.394 e. The number of hydrogen-bond donors (Lipinski definition) is 5. The van der Waals surface area contributed by atoms with Crippen molar-refractivity contribution in [3.63, 3.8) is 0 Å². The predicted molar refractivity (Wildman–Crippen MR) is 71.0 cm³/mol. The third-order valence-corrected chi connectivity index (χ3v) is 3.28. The molecule has 1 saturated heterocycles. The molecule has 5 atom stereocenters. The van der Waals surface area contributed by atoms with E-state index in [1.807, 2.05) is 5.32 Å². The van der Waals surface area contributed by atoms with Crippen LogP contribution in [0.2, 0.25) is 0 Å². The molecule has 1 fully saturated rings. The highest BCUT2D eigenvalue weighted by atomic mass is 16.7. The van der Waals surface area contributed by atoms with Gasteiger partial charge in [-0.2, -0.15) is 5.01 Å². The molecule has 0 aromatic rings. The van der Waals surface area contributed by atoms with E-state index < -0.39 is 43.0 Å². The monoisotopic (exact) mass is 323 g/mol. The maximum absolute atomic E-state index is 11.9. The molecular weight excluding hydrogens is 302 g/mol. The first-order valence-electron chi connectivity index (χ1n) is 6.66. The molecular formula is C11H21N3O8. The topological polar surface area (TPSA) is 161 Å². The summed E-state index contributed by atoms with van der Waals surface area (Å²) in [6.07, 6.45) is -5.98. The zero-order valence-electron chi connectivity index (χ0n) is 12.2. The maximum atomic E-state index is 11.9. The van der Waals surface area contributed by atoms with Gasteiger partial charge in [-0.25, -0.2) is 4.79 Å². The van der Waals surface area contributed by atoms with Gasteiger partial charge in [0.25, 0.3) is 0 Å². The van der Waals surface area contributed by atoms with Crippen LogP contribution in [0.25, 0.3) is 0 Å². The summed E-state index contributed by atoms with van der Waals surface area (Å²) < 4.78 is 9.92. The molecule has 1 aliphatic heterocycles. The Kier molecular flexibility index (Phi) is 6.59. The van der Waals surface area contributed by atoms with Gasteiger partial charge in [-0.1, -0.05) is 6.92 Å². The van der Waals surface area contributed by atoms with E-state index in [0.29, 0.717) is 11.4 Å². The number of hydrogen-bond acceptors (Lipinski definition) is 9. The van der Waals surface area contributed by atoms with Crippen LogP contribution < -0.4 is 5.32 Å². The molecule has 0 aromatic heterocycles. The minimum Gasteiger partial charge on any atom is -0.394 e. The van der Waals surface area contributed by atoms with E-state index in [1.165, 1.54) is 0 Å². The van der Waals surface area contributed by atoms with E-state index in [2.05, 4.69) is 5.29 Å². The number of aliphatic hydroxyl groups is 4. The van der Waals surface area contributed by atoms with Crippen molar-refractivity contribution in [3.8, 4) is 0 Å². The lowest BCUT2D eigenvalue weighted by atomic mass is 9.93. The van der Waals surface area contributed by atoms with Gasteiger partial charge in [0, 0.05) is 13.7 Å². The molecule has 1 aliphatic rings. The first-order chi connectivity index (χ1) is 10.3. The summed E-state index contributed by atoms with van der Waals surface area (Å²) in [5.41, 5.74) is -2.53. The third-order valence-electron chi connectivity index (χ3n) is 3.28. The lowest BCUT2D eigenvalue weighted by molar-refractivity contribution is -0.341. The number of nitroso groups, excluding NO2 is 1. The lowest BCUT2D eigenvalue weighted by Crippen LogP contribution is -2.74. The Morgan fingerprint density at radius 2 is 2.14 bits per heavy atom. The van der Waals surface area contributed by atoms with Gasteiger partial charge in [0.15, 0.2) is 0 Å². The molecule has 0 bridgehead atoms. The molecule has 0 radical (unpaired) electrons. The second-order valence-corrected chi connectivity index (χ2v) is 4.82. The molecule has 22 heavy (non-hydrogen) atoms. The molecule has 128 valence electrons. The summed E-state index contributed by atoms with van der Waals surface area (Å²) in [7, 11) is 1.13. The van der Waals surface area contributed by atoms with Gasteiger partial charge in [0.2, 0.25) is 12.0 Å². The van der Waals surface area contributed by atoms with Crippen LogP contribution in [-0.4, -0.2) is 82.1 Å². The van der Waals surface area contributed by atoms with Crippen molar-refractivity contribution in [2.24, 2.45) is 5.29 Å². The Morgan fingerprint density at radius 1 is 1.50 bits per heavy atom. The van der Waals surface area contributed by atoms with Gasteiger partial charge in [-0.05, 0) is 6.42 Å². The van der Waals surface area contributed by atoms with Crippen molar-refractivity contribution in [2.45, 2.75) is 43.7 Å². The van der Waals surface area contributed by atoms with Gasteiger partial charge < -0.3 is 35.2 Å². The maximum Gasteiger partial charge on any atom is 0.342 e. The number of nitrogens with zero attached hydrogens (tertiary/aromatic N) is 2. The number of carbonyl (C=O) groups excluding carboxylic acids is 1. The number of amides is 2. The molecule has 0 aromatic carbocycles. The molecule has 1 rings (SSSR count). The Hall–Kier alpha value is -1.37. The molecule has 0 spiro atoms. The molecule has 11 heteroatoms. The molecule has 1 heterocycles. The second-order valence-electron chi connectivity index (χ2n) is 4.82. The fourth-order valence-electron chi connectivity index (χ4n) is 2.09. The number of rotatable bonds is 6. The van der Waals surface area contributed by atoms with Crippen LogP contribution in [0.5, 0.6) is 0 Å². The number of methoxy groups -OCH3 is 1. The summed E-state index contributed by atoms with van der Waals surface area (Å²) >= 11 is 0. The molecule has 5 N–H and O–H groups in total. The number of nitrogens with one attached hydrogen (secondary N) is 1. The van der Waals surface area contributed by atoms with Crippen LogP contribution in [0.15, 0.2) is 5.29 Å². The van der Waals surface area contributed by atoms with Gasteiger partial charge in [0.05, 0.1) is 11.9 Å². The van der Waals surface area contributed by atoms with Crippen molar-refractivity contribution < 1.29 is 34.7 Å². The molecule has 0 aliphatic carbocycles. The smallest absolute Gasteiger partial charge is 0.342 e. The first kappa shape index (κ1) is 18.7. The minimum absolute atomic E-state index is 0.0121. The highest BCUT2D eigenvalue weighted by Crippen LogP contribution is 2.28. The van der Waals surface area contributed by atoms with Gasteiger partial charge >= 0.3 is 6.03 Å². The third kappa shape index (κ3) is 3.51. The number of carbonyl (C=O) groups is 1. The van der Waals surface area contributed by atoms with Crippen LogP contribution in [0.4, 0.5) is 4.79 Å². The minimum atomic E-state index is -2.53. The number of ether oxygens (including phenoxy) is 2. The van der Waals surface area contributed by atoms with Crippen molar-refractivity contribution in [2.75, 3.05) is 20.3 Å². The molecule has 0 unspecified atom stereocenters. The van der Waals surface area contributed by atoms with Gasteiger partial charge in [0.1, 0.15) is 18.3 Å². The van der Waals surface area contributed by atoms with Gasteiger partial charge in [-0.15, -0.1) is 4.91 Å². The summed E-state index contributed by atoms with van der Waals surface area (Å²) in [6.45, 7) is 1.05.